The van der Waals surface area contributed by atoms with E-state index in [2.05, 4.69) is 12.2 Å². The van der Waals surface area contributed by atoms with Gasteiger partial charge in [-0.2, -0.15) is 5.26 Å². The van der Waals surface area contributed by atoms with E-state index in [1.807, 2.05) is 13.0 Å². The van der Waals surface area contributed by atoms with E-state index in [9.17, 15) is 4.79 Å². The Kier molecular flexibility index (Phi) is 5.89. The topological polar surface area (TPSA) is 62.1 Å². The number of hydrogen-bond acceptors (Lipinski definition) is 3. The lowest BCUT2D eigenvalue weighted by atomic mass is 10.2. The Balaban J connectivity index is 2.42. The Hall–Kier alpha value is -1.86. The molecule has 0 radical (unpaired) electrons. The van der Waals surface area contributed by atoms with Crippen LogP contribution in [-0.4, -0.2) is 18.6 Å². The summed E-state index contributed by atoms with van der Waals surface area (Å²) in [6, 6.07) is 8.82. The molecule has 4 heteroatoms. The molecule has 1 atom stereocenters. The van der Waals surface area contributed by atoms with Crippen LogP contribution >= 0.6 is 0 Å². The summed E-state index contributed by atoms with van der Waals surface area (Å²) in [4.78, 5) is 11.6. The van der Waals surface area contributed by atoms with Crippen LogP contribution in [0.15, 0.2) is 24.3 Å². The molecule has 0 spiro atoms. The maximum atomic E-state index is 11.6. The lowest BCUT2D eigenvalue weighted by molar-refractivity contribution is -0.122. The molecule has 1 aromatic rings. The minimum absolute atomic E-state index is 0.0396. The highest BCUT2D eigenvalue weighted by molar-refractivity contribution is 5.91. The summed E-state index contributed by atoms with van der Waals surface area (Å²) in [7, 11) is 0. The summed E-state index contributed by atoms with van der Waals surface area (Å²) in [5.41, 5.74) is 1.14. The van der Waals surface area contributed by atoms with Gasteiger partial charge in [-0.05, 0) is 31.5 Å². The number of anilines is 1. The molecule has 0 aliphatic rings. The number of hydrogen-bond donors (Lipinski definition) is 1. The first-order valence-electron chi connectivity index (χ1n) is 6.07. The standard InChI is InChI=1S/C14H18N2O2/c1-3-5-11(2)18-10-14(17)16-13-7-4-6-12(8-13)9-15/h4,6-8,11H,3,5,10H2,1-2H3,(H,16,17). The van der Waals surface area contributed by atoms with Crippen LogP contribution in [0.25, 0.3) is 0 Å². The number of benzene rings is 1. The van der Waals surface area contributed by atoms with E-state index in [1.54, 1.807) is 24.3 Å². The fourth-order valence-electron chi connectivity index (χ4n) is 1.57. The number of rotatable bonds is 6. The number of amides is 1. The second-order valence-corrected chi connectivity index (χ2v) is 4.15. The number of ether oxygens (including phenoxy) is 1. The minimum atomic E-state index is -0.201. The monoisotopic (exact) mass is 246 g/mol. The van der Waals surface area contributed by atoms with Crippen molar-refractivity contribution in [1.82, 2.24) is 0 Å². The van der Waals surface area contributed by atoms with Gasteiger partial charge < -0.3 is 10.1 Å². The first-order valence-corrected chi connectivity index (χ1v) is 6.07. The van der Waals surface area contributed by atoms with Crippen LogP contribution in [0.1, 0.15) is 32.3 Å². The quantitative estimate of drug-likeness (QED) is 0.839. The molecular formula is C14H18N2O2. The first-order chi connectivity index (χ1) is 8.65. The summed E-state index contributed by atoms with van der Waals surface area (Å²) in [5.74, 6) is -0.201. The van der Waals surface area contributed by atoms with Crippen LogP contribution in [0, 0.1) is 11.3 Å². The molecule has 0 saturated heterocycles. The van der Waals surface area contributed by atoms with Gasteiger partial charge in [-0.25, -0.2) is 0 Å². The summed E-state index contributed by atoms with van der Waals surface area (Å²) < 4.78 is 5.40. The third-order valence-corrected chi connectivity index (χ3v) is 2.47. The molecule has 0 aromatic heterocycles. The molecule has 1 unspecified atom stereocenters. The van der Waals surface area contributed by atoms with E-state index in [0.717, 1.165) is 12.8 Å². The summed E-state index contributed by atoms with van der Waals surface area (Å²) in [6.45, 7) is 4.07. The van der Waals surface area contributed by atoms with Gasteiger partial charge >= 0.3 is 0 Å². The molecule has 0 aliphatic carbocycles. The SMILES string of the molecule is CCCC(C)OCC(=O)Nc1cccc(C#N)c1. The van der Waals surface area contributed by atoms with Crippen LogP contribution in [0.2, 0.25) is 0 Å². The van der Waals surface area contributed by atoms with Crippen LogP contribution in [0.4, 0.5) is 5.69 Å². The number of carbonyl (C=O) groups is 1. The maximum Gasteiger partial charge on any atom is 0.250 e. The van der Waals surface area contributed by atoms with E-state index in [-0.39, 0.29) is 18.6 Å². The highest BCUT2D eigenvalue weighted by Gasteiger charge is 2.06. The molecular weight excluding hydrogens is 228 g/mol. The molecule has 1 N–H and O–H groups in total. The van der Waals surface area contributed by atoms with Gasteiger partial charge in [0.2, 0.25) is 5.91 Å². The lowest BCUT2D eigenvalue weighted by Gasteiger charge is -2.11. The van der Waals surface area contributed by atoms with Gasteiger partial charge in [0.1, 0.15) is 6.61 Å². The van der Waals surface area contributed by atoms with E-state index >= 15 is 0 Å². The lowest BCUT2D eigenvalue weighted by Crippen LogP contribution is -2.21. The second kappa shape index (κ2) is 7.46. The van der Waals surface area contributed by atoms with Crippen molar-refractivity contribution < 1.29 is 9.53 Å². The smallest absolute Gasteiger partial charge is 0.250 e. The average molecular weight is 246 g/mol. The normalized spacial score (nSPS) is 11.6. The highest BCUT2D eigenvalue weighted by Crippen LogP contribution is 2.09. The molecule has 18 heavy (non-hydrogen) atoms. The predicted octanol–water partition coefficient (Wildman–Crippen LogP) is 2.70. The first kappa shape index (κ1) is 14.2. The number of nitrogens with zero attached hydrogens (tertiary/aromatic N) is 1. The molecule has 0 heterocycles. The van der Waals surface area contributed by atoms with Gasteiger partial charge in [0.15, 0.2) is 0 Å². The Morgan fingerprint density at radius 3 is 3.00 bits per heavy atom. The Morgan fingerprint density at radius 2 is 2.33 bits per heavy atom. The highest BCUT2D eigenvalue weighted by atomic mass is 16.5. The van der Waals surface area contributed by atoms with Crippen molar-refractivity contribution in [1.29, 1.82) is 5.26 Å². The van der Waals surface area contributed by atoms with Crippen LogP contribution in [0.3, 0.4) is 0 Å². The average Bonchev–Trinajstić information content (AvgIpc) is 2.37. The molecule has 0 saturated carbocycles. The van der Waals surface area contributed by atoms with Gasteiger partial charge in [-0.3, -0.25) is 4.79 Å². The number of carbonyl (C=O) groups excluding carboxylic acids is 1. The van der Waals surface area contributed by atoms with Gasteiger partial charge in [-0.1, -0.05) is 19.4 Å². The van der Waals surface area contributed by atoms with Crippen LogP contribution < -0.4 is 5.32 Å². The maximum absolute atomic E-state index is 11.6. The van der Waals surface area contributed by atoms with Crippen molar-refractivity contribution >= 4 is 11.6 Å². The molecule has 4 nitrogen and oxygen atoms in total. The molecule has 0 aliphatic heterocycles. The van der Waals surface area contributed by atoms with Gasteiger partial charge in [0.05, 0.1) is 17.7 Å². The van der Waals surface area contributed by atoms with Crippen molar-refractivity contribution in [2.75, 3.05) is 11.9 Å². The molecule has 1 rings (SSSR count). The van der Waals surface area contributed by atoms with E-state index < -0.39 is 0 Å². The van der Waals surface area contributed by atoms with Crippen molar-refractivity contribution in [2.45, 2.75) is 32.8 Å². The van der Waals surface area contributed by atoms with Crippen molar-refractivity contribution in [3.8, 4) is 6.07 Å². The third kappa shape index (κ3) is 4.98. The zero-order valence-corrected chi connectivity index (χ0v) is 10.8. The zero-order chi connectivity index (χ0) is 13.4. The molecule has 0 fully saturated rings. The molecule has 96 valence electrons. The van der Waals surface area contributed by atoms with Gasteiger partial charge in [-0.15, -0.1) is 0 Å². The number of nitriles is 1. The minimum Gasteiger partial charge on any atom is -0.369 e. The summed E-state index contributed by atoms with van der Waals surface area (Å²) in [6.07, 6.45) is 2.07. The number of nitrogens with one attached hydrogen (secondary N) is 1. The van der Waals surface area contributed by atoms with Crippen LogP contribution in [-0.2, 0) is 9.53 Å². The van der Waals surface area contributed by atoms with Gasteiger partial charge in [0, 0.05) is 5.69 Å². The zero-order valence-electron chi connectivity index (χ0n) is 10.8. The molecule has 0 bridgehead atoms. The Bertz CT molecular complexity index is 438. The fourth-order valence-corrected chi connectivity index (χ4v) is 1.57. The van der Waals surface area contributed by atoms with Crippen molar-refractivity contribution in [3.63, 3.8) is 0 Å². The van der Waals surface area contributed by atoms with Crippen molar-refractivity contribution in [2.24, 2.45) is 0 Å². The third-order valence-electron chi connectivity index (χ3n) is 2.47. The predicted molar refractivity (Wildman–Crippen MR) is 70.1 cm³/mol. The summed E-state index contributed by atoms with van der Waals surface area (Å²) >= 11 is 0. The summed E-state index contributed by atoms with van der Waals surface area (Å²) in [5, 5.41) is 11.4. The Labute approximate surface area is 108 Å². The van der Waals surface area contributed by atoms with Gasteiger partial charge in [0.25, 0.3) is 0 Å². The van der Waals surface area contributed by atoms with Crippen molar-refractivity contribution in [3.05, 3.63) is 29.8 Å². The second-order valence-electron chi connectivity index (χ2n) is 4.15. The van der Waals surface area contributed by atoms with E-state index in [1.165, 1.54) is 0 Å². The molecule has 1 amide bonds. The fraction of sp³-hybridized carbons (Fsp3) is 0.429. The largest absolute Gasteiger partial charge is 0.369 e. The van der Waals surface area contributed by atoms with Crippen LogP contribution in [0.5, 0.6) is 0 Å². The van der Waals surface area contributed by atoms with E-state index in [4.69, 9.17) is 10.00 Å². The molecule has 1 aromatic carbocycles. The van der Waals surface area contributed by atoms with E-state index in [0.29, 0.717) is 11.3 Å². The Morgan fingerprint density at radius 1 is 1.56 bits per heavy atom.